The number of carbonyl (C=O) groups is 2. The fraction of sp³-hybridized carbons (Fsp3) is 0. The second-order valence-electron chi connectivity index (χ2n) is 5.47. The Bertz CT molecular complexity index is 1010. The second kappa shape index (κ2) is 7.92. The summed E-state index contributed by atoms with van der Waals surface area (Å²) < 4.78 is 26.1. The molecular weight excluding hydrogens is 376 g/mol. The molecule has 3 aromatic rings. The molecule has 5 nitrogen and oxygen atoms in total. The standard InChI is InChI=1S/C19H12ClF2N3O2/c20-15-10-14(5-6-16(15)22)25-19(27)17-9-11(7-8-23-17)18(26)24-13-3-1-12(21)2-4-13/h1-10H,(H,24,26)(H,25,27). The molecule has 2 N–H and O–H groups in total. The van der Waals surface area contributed by atoms with Gasteiger partial charge in [-0.05, 0) is 54.6 Å². The Balaban J connectivity index is 1.73. The Morgan fingerprint density at radius 2 is 1.52 bits per heavy atom. The number of hydrogen-bond donors (Lipinski definition) is 2. The van der Waals surface area contributed by atoms with Gasteiger partial charge in [-0.1, -0.05) is 11.6 Å². The molecule has 0 radical (unpaired) electrons. The molecule has 0 atom stereocenters. The Morgan fingerprint density at radius 1 is 0.852 bits per heavy atom. The number of anilines is 2. The molecule has 0 aliphatic rings. The van der Waals surface area contributed by atoms with Crippen LogP contribution in [0.2, 0.25) is 5.02 Å². The van der Waals surface area contributed by atoms with Crippen molar-refractivity contribution in [2.45, 2.75) is 0 Å². The largest absolute Gasteiger partial charge is 0.322 e. The summed E-state index contributed by atoms with van der Waals surface area (Å²) in [6.45, 7) is 0. The molecule has 3 rings (SSSR count). The lowest BCUT2D eigenvalue weighted by molar-refractivity contribution is 0.102. The normalized spacial score (nSPS) is 10.3. The van der Waals surface area contributed by atoms with Crippen LogP contribution in [0.25, 0.3) is 0 Å². The third-order valence-electron chi connectivity index (χ3n) is 3.53. The summed E-state index contributed by atoms with van der Waals surface area (Å²) >= 11 is 5.68. The maximum atomic E-state index is 13.2. The number of hydrogen-bond acceptors (Lipinski definition) is 3. The van der Waals surface area contributed by atoms with E-state index in [1.54, 1.807) is 0 Å². The van der Waals surface area contributed by atoms with Crippen molar-refractivity contribution in [3.63, 3.8) is 0 Å². The fourth-order valence-electron chi connectivity index (χ4n) is 2.20. The first-order valence-electron chi connectivity index (χ1n) is 7.72. The number of nitrogens with one attached hydrogen (secondary N) is 2. The minimum atomic E-state index is -0.604. The zero-order valence-electron chi connectivity index (χ0n) is 13.7. The highest BCUT2D eigenvalue weighted by Crippen LogP contribution is 2.20. The van der Waals surface area contributed by atoms with Crippen LogP contribution >= 0.6 is 11.6 Å². The molecule has 0 aliphatic carbocycles. The Labute approximate surface area is 158 Å². The van der Waals surface area contributed by atoms with E-state index in [1.807, 2.05) is 0 Å². The number of nitrogens with zero attached hydrogens (tertiary/aromatic N) is 1. The van der Waals surface area contributed by atoms with Crippen LogP contribution in [0.1, 0.15) is 20.8 Å². The third-order valence-corrected chi connectivity index (χ3v) is 3.82. The number of aromatic nitrogens is 1. The molecule has 0 aliphatic heterocycles. The number of carbonyl (C=O) groups excluding carboxylic acids is 2. The molecule has 0 unspecified atom stereocenters. The van der Waals surface area contributed by atoms with Gasteiger partial charge in [-0.3, -0.25) is 14.6 Å². The van der Waals surface area contributed by atoms with Gasteiger partial charge in [0.1, 0.15) is 17.3 Å². The first-order valence-corrected chi connectivity index (χ1v) is 8.09. The van der Waals surface area contributed by atoms with Gasteiger partial charge in [-0.25, -0.2) is 8.78 Å². The predicted octanol–water partition coefficient (Wildman–Crippen LogP) is 4.52. The SMILES string of the molecule is O=C(Nc1ccc(F)cc1)c1ccnc(C(=O)Nc2ccc(F)c(Cl)c2)c1. The fourth-order valence-corrected chi connectivity index (χ4v) is 2.38. The summed E-state index contributed by atoms with van der Waals surface area (Å²) in [5, 5.41) is 4.98. The number of benzene rings is 2. The summed E-state index contributed by atoms with van der Waals surface area (Å²) in [5.41, 5.74) is 0.873. The van der Waals surface area contributed by atoms with Gasteiger partial charge in [-0.2, -0.15) is 0 Å². The van der Waals surface area contributed by atoms with E-state index in [2.05, 4.69) is 15.6 Å². The van der Waals surface area contributed by atoms with Gasteiger partial charge in [0.25, 0.3) is 11.8 Å². The second-order valence-corrected chi connectivity index (χ2v) is 5.88. The van der Waals surface area contributed by atoms with Gasteiger partial charge >= 0.3 is 0 Å². The highest BCUT2D eigenvalue weighted by atomic mass is 35.5. The summed E-state index contributed by atoms with van der Waals surface area (Å²) in [6.07, 6.45) is 1.31. The molecule has 136 valence electrons. The molecule has 0 bridgehead atoms. The van der Waals surface area contributed by atoms with Crippen LogP contribution in [0, 0.1) is 11.6 Å². The first kappa shape index (κ1) is 18.5. The Kier molecular flexibility index (Phi) is 5.42. The molecule has 2 amide bonds. The quantitative estimate of drug-likeness (QED) is 0.691. The van der Waals surface area contributed by atoms with Gasteiger partial charge in [-0.15, -0.1) is 0 Å². The summed E-state index contributed by atoms with van der Waals surface area (Å²) in [4.78, 5) is 28.5. The van der Waals surface area contributed by atoms with Crippen molar-refractivity contribution in [3.05, 3.63) is 88.7 Å². The smallest absolute Gasteiger partial charge is 0.274 e. The predicted molar refractivity (Wildman–Crippen MR) is 98.0 cm³/mol. The van der Waals surface area contributed by atoms with Crippen molar-refractivity contribution in [1.82, 2.24) is 4.98 Å². The molecule has 1 heterocycles. The molecule has 0 spiro atoms. The lowest BCUT2D eigenvalue weighted by atomic mass is 10.2. The lowest BCUT2D eigenvalue weighted by Gasteiger charge is -2.08. The third kappa shape index (κ3) is 4.65. The summed E-state index contributed by atoms with van der Waals surface area (Å²) in [7, 11) is 0. The van der Waals surface area contributed by atoms with Crippen LogP contribution < -0.4 is 10.6 Å². The lowest BCUT2D eigenvalue weighted by Crippen LogP contribution is -2.17. The van der Waals surface area contributed by atoms with Crippen molar-refractivity contribution in [2.24, 2.45) is 0 Å². The highest BCUT2D eigenvalue weighted by Gasteiger charge is 2.13. The van der Waals surface area contributed by atoms with Crippen LogP contribution in [0.15, 0.2) is 60.8 Å². The zero-order chi connectivity index (χ0) is 19.4. The highest BCUT2D eigenvalue weighted by molar-refractivity contribution is 6.31. The minimum absolute atomic E-state index is 0.0118. The van der Waals surface area contributed by atoms with Gasteiger partial charge in [0.2, 0.25) is 0 Å². The molecule has 27 heavy (non-hydrogen) atoms. The molecule has 2 aromatic carbocycles. The van der Waals surface area contributed by atoms with Crippen LogP contribution in [-0.4, -0.2) is 16.8 Å². The van der Waals surface area contributed by atoms with Crippen molar-refractivity contribution in [2.75, 3.05) is 10.6 Å². The van der Waals surface area contributed by atoms with Crippen molar-refractivity contribution >= 4 is 34.8 Å². The summed E-state index contributed by atoms with van der Waals surface area (Å²) in [5.74, 6) is -2.10. The van der Waals surface area contributed by atoms with Gasteiger partial charge in [0.15, 0.2) is 0 Å². The topological polar surface area (TPSA) is 71.1 Å². The molecule has 0 saturated heterocycles. The van der Waals surface area contributed by atoms with E-state index in [4.69, 9.17) is 11.6 Å². The van der Waals surface area contributed by atoms with E-state index in [1.165, 1.54) is 54.7 Å². The average Bonchev–Trinajstić information content (AvgIpc) is 2.66. The van der Waals surface area contributed by atoms with E-state index < -0.39 is 23.4 Å². The molecule has 0 saturated carbocycles. The van der Waals surface area contributed by atoms with E-state index in [0.717, 1.165) is 6.07 Å². The van der Waals surface area contributed by atoms with Crippen molar-refractivity contribution in [3.8, 4) is 0 Å². The molecular formula is C19H12ClF2N3O2. The number of halogens is 3. The van der Waals surface area contributed by atoms with E-state index in [9.17, 15) is 18.4 Å². The van der Waals surface area contributed by atoms with Crippen LogP contribution in [-0.2, 0) is 0 Å². The average molecular weight is 388 g/mol. The van der Waals surface area contributed by atoms with E-state index in [-0.39, 0.29) is 22.0 Å². The summed E-state index contributed by atoms with van der Waals surface area (Å²) in [6, 6.07) is 11.7. The molecule has 1 aromatic heterocycles. The van der Waals surface area contributed by atoms with Crippen LogP contribution in [0.4, 0.5) is 20.2 Å². The molecule has 0 fully saturated rings. The van der Waals surface area contributed by atoms with E-state index in [0.29, 0.717) is 5.69 Å². The van der Waals surface area contributed by atoms with E-state index >= 15 is 0 Å². The zero-order valence-corrected chi connectivity index (χ0v) is 14.4. The minimum Gasteiger partial charge on any atom is -0.322 e. The van der Waals surface area contributed by atoms with Gasteiger partial charge < -0.3 is 10.6 Å². The maximum absolute atomic E-state index is 13.2. The first-order chi connectivity index (χ1) is 12.9. The van der Waals surface area contributed by atoms with Gasteiger partial charge in [0.05, 0.1) is 5.02 Å². The van der Waals surface area contributed by atoms with Crippen molar-refractivity contribution < 1.29 is 18.4 Å². The number of rotatable bonds is 4. The monoisotopic (exact) mass is 387 g/mol. The molecule has 8 heteroatoms. The Morgan fingerprint density at radius 3 is 2.22 bits per heavy atom. The maximum Gasteiger partial charge on any atom is 0.274 e. The van der Waals surface area contributed by atoms with Crippen LogP contribution in [0.5, 0.6) is 0 Å². The van der Waals surface area contributed by atoms with Gasteiger partial charge in [0, 0.05) is 23.1 Å². The number of amides is 2. The number of pyridine rings is 1. The van der Waals surface area contributed by atoms with Crippen LogP contribution in [0.3, 0.4) is 0 Å². The van der Waals surface area contributed by atoms with Crippen molar-refractivity contribution in [1.29, 1.82) is 0 Å². The Hall–Kier alpha value is -3.32.